The second-order valence-corrected chi connectivity index (χ2v) is 3.49. The van der Waals surface area contributed by atoms with Crippen LogP contribution >= 0.6 is 11.6 Å². The third-order valence-corrected chi connectivity index (χ3v) is 1.77. The summed E-state index contributed by atoms with van der Waals surface area (Å²) < 4.78 is 4.85. The van der Waals surface area contributed by atoms with Crippen LogP contribution in [0.15, 0.2) is 34.4 Å². The molecule has 0 saturated carbocycles. The number of nitrogens with one attached hydrogen (secondary N) is 2. The number of hydrogen-bond donors (Lipinski definition) is 2. The zero-order valence-corrected chi connectivity index (χ0v) is 9.21. The molecule has 2 amide bonds. The van der Waals surface area contributed by atoms with Crippen LogP contribution in [0.4, 0.5) is 0 Å². The molecule has 0 aliphatic heterocycles. The van der Waals surface area contributed by atoms with Crippen LogP contribution in [0, 0.1) is 0 Å². The maximum atomic E-state index is 11.3. The van der Waals surface area contributed by atoms with Crippen LogP contribution in [0.3, 0.4) is 0 Å². The average Bonchev–Trinajstić information content (AvgIpc) is 2.76. The molecule has 6 heteroatoms. The molecule has 1 rings (SSSR count). The molecule has 0 bridgehead atoms. The standard InChI is InChI=1S/C10H11ClN2O3/c1-7(11)5-12-9(14)6-13-10(15)8-3-2-4-16-8/h2-4H,1,5-6H2,(H,12,14)(H,13,15). The lowest BCUT2D eigenvalue weighted by molar-refractivity contribution is -0.119. The van der Waals surface area contributed by atoms with Gasteiger partial charge in [0.2, 0.25) is 5.91 Å². The van der Waals surface area contributed by atoms with Crippen molar-refractivity contribution >= 4 is 23.4 Å². The van der Waals surface area contributed by atoms with Crippen LogP contribution in [0.5, 0.6) is 0 Å². The van der Waals surface area contributed by atoms with Gasteiger partial charge >= 0.3 is 0 Å². The minimum absolute atomic E-state index is 0.135. The number of amides is 2. The fourth-order valence-electron chi connectivity index (χ4n) is 0.912. The minimum Gasteiger partial charge on any atom is -0.459 e. The van der Waals surface area contributed by atoms with Gasteiger partial charge in [0.15, 0.2) is 5.76 Å². The highest BCUT2D eigenvalue weighted by Gasteiger charge is 2.09. The maximum Gasteiger partial charge on any atom is 0.287 e. The van der Waals surface area contributed by atoms with Crippen molar-refractivity contribution in [2.24, 2.45) is 0 Å². The van der Waals surface area contributed by atoms with Crippen molar-refractivity contribution in [3.8, 4) is 0 Å². The summed E-state index contributed by atoms with van der Waals surface area (Å²) in [5, 5.41) is 5.18. The normalized spacial score (nSPS) is 9.56. The predicted molar refractivity (Wildman–Crippen MR) is 59.0 cm³/mol. The number of carbonyl (C=O) groups is 2. The zero-order valence-electron chi connectivity index (χ0n) is 8.46. The van der Waals surface area contributed by atoms with E-state index in [0.29, 0.717) is 5.03 Å². The SMILES string of the molecule is C=C(Cl)CNC(=O)CNC(=O)c1ccco1. The first-order valence-corrected chi connectivity index (χ1v) is 4.89. The van der Waals surface area contributed by atoms with E-state index in [4.69, 9.17) is 16.0 Å². The Bertz CT molecular complexity index is 387. The quantitative estimate of drug-likeness (QED) is 0.805. The van der Waals surface area contributed by atoms with Crippen molar-refractivity contribution in [1.82, 2.24) is 10.6 Å². The maximum absolute atomic E-state index is 11.3. The van der Waals surface area contributed by atoms with E-state index in [1.807, 2.05) is 0 Å². The first-order valence-electron chi connectivity index (χ1n) is 4.51. The summed E-state index contributed by atoms with van der Waals surface area (Å²) in [6, 6.07) is 3.10. The van der Waals surface area contributed by atoms with Gasteiger partial charge in [0.25, 0.3) is 5.91 Å². The minimum atomic E-state index is -0.440. The highest BCUT2D eigenvalue weighted by atomic mass is 35.5. The molecule has 0 unspecified atom stereocenters. The Morgan fingerprint density at radius 3 is 2.69 bits per heavy atom. The average molecular weight is 243 g/mol. The summed E-state index contributed by atoms with van der Waals surface area (Å²) in [5.74, 6) is -0.624. The van der Waals surface area contributed by atoms with Gasteiger partial charge in [-0.05, 0) is 12.1 Å². The predicted octanol–water partition coefficient (Wildman–Crippen LogP) is 0.878. The first kappa shape index (κ1) is 12.3. The van der Waals surface area contributed by atoms with E-state index in [1.165, 1.54) is 12.3 Å². The number of halogens is 1. The Labute approximate surface area is 97.5 Å². The van der Waals surface area contributed by atoms with E-state index in [1.54, 1.807) is 6.07 Å². The molecule has 1 heterocycles. The van der Waals surface area contributed by atoms with Gasteiger partial charge in [0, 0.05) is 5.03 Å². The fourth-order valence-corrected chi connectivity index (χ4v) is 0.979. The van der Waals surface area contributed by atoms with Gasteiger partial charge in [-0.1, -0.05) is 18.2 Å². The summed E-state index contributed by atoms with van der Waals surface area (Å²) >= 11 is 5.45. The molecule has 0 aromatic carbocycles. The number of rotatable bonds is 5. The van der Waals surface area contributed by atoms with Crippen LogP contribution in [0.25, 0.3) is 0 Å². The molecule has 1 aromatic rings. The third-order valence-electron chi connectivity index (χ3n) is 1.63. The molecule has 0 fully saturated rings. The second-order valence-electron chi connectivity index (χ2n) is 2.95. The summed E-state index contributed by atoms with van der Waals surface area (Å²) in [6.07, 6.45) is 1.38. The van der Waals surface area contributed by atoms with Gasteiger partial charge in [-0.15, -0.1) is 0 Å². The molecule has 0 aliphatic carbocycles. The fraction of sp³-hybridized carbons (Fsp3) is 0.200. The zero-order chi connectivity index (χ0) is 12.0. The van der Waals surface area contributed by atoms with Crippen LogP contribution < -0.4 is 10.6 Å². The van der Waals surface area contributed by atoms with Gasteiger partial charge in [0.1, 0.15) is 0 Å². The molecule has 0 radical (unpaired) electrons. The van der Waals surface area contributed by atoms with Crippen molar-refractivity contribution in [2.75, 3.05) is 13.1 Å². The van der Waals surface area contributed by atoms with Crippen molar-refractivity contribution in [3.05, 3.63) is 35.8 Å². The Hall–Kier alpha value is -1.75. The molecule has 0 saturated heterocycles. The van der Waals surface area contributed by atoms with Crippen LogP contribution in [0.2, 0.25) is 0 Å². The van der Waals surface area contributed by atoms with E-state index >= 15 is 0 Å². The topological polar surface area (TPSA) is 71.3 Å². The summed E-state index contributed by atoms with van der Waals surface area (Å²) in [5.41, 5.74) is 0. The molecular weight excluding hydrogens is 232 g/mol. The molecule has 0 atom stereocenters. The van der Waals surface area contributed by atoms with E-state index in [2.05, 4.69) is 17.2 Å². The van der Waals surface area contributed by atoms with Crippen molar-refractivity contribution in [3.63, 3.8) is 0 Å². The number of hydrogen-bond acceptors (Lipinski definition) is 3. The Morgan fingerprint density at radius 2 is 2.12 bits per heavy atom. The van der Waals surface area contributed by atoms with Crippen molar-refractivity contribution in [2.45, 2.75) is 0 Å². The van der Waals surface area contributed by atoms with Gasteiger partial charge in [0.05, 0.1) is 19.4 Å². The van der Waals surface area contributed by atoms with Gasteiger partial charge in [-0.25, -0.2) is 0 Å². The second kappa shape index (κ2) is 5.97. The van der Waals surface area contributed by atoms with E-state index < -0.39 is 5.91 Å². The lowest BCUT2D eigenvalue weighted by Crippen LogP contribution is -2.37. The van der Waals surface area contributed by atoms with E-state index in [-0.39, 0.29) is 24.8 Å². The highest BCUT2D eigenvalue weighted by molar-refractivity contribution is 6.29. The molecule has 5 nitrogen and oxygen atoms in total. The molecular formula is C10H11ClN2O3. The number of furan rings is 1. The Kier molecular flexibility index (Phi) is 4.60. The molecule has 86 valence electrons. The molecule has 0 aliphatic rings. The van der Waals surface area contributed by atoms with Crippen LogP contribution in [-0.4, -0.2) is 24.9 Å². The van der Waals surface area contributed by atoms with Crippen LogP contribution in [-0.2, 0) is 4.79 Å². The Morgan fingerprint density at radius 1 is 1.38 bits per heavy atom. The summed E-state index contributed by atoms with van der Waals surface area (Å²) in [7, 11) is 0. The first-order chi connectivity index (χ1) is 7.59. The molecule has 2 N–H and O–H groups in total. The number of carbonyl (C=O) groups excluding carboxylic acids is 2. The van der Waals surface area contributed by atoms with Gasteiger partial charge < -0.3 is 15.1 Å². The summed E-state index contributed by atoms with van der Waals surface area (Å²) in [6.45, 7) is 3.45. The largest absolute Gasteiger partial charge is 0.459 e. The molecule has 16 heavy (non-hydrogen) atoms. The third kappa shape index (κ3) is 4.18. The lowest BCUT2D eigenvalue weighted by Gasteiger charge is -2.04. The van der Waals surface area contributed by atoms with Crippen molar-refractivity contribution in [1.29, 1.82) is 0 Å². The van der Waals surface area contributed by atoms with Crippen molar-refractivity contribution < 1.29 is 14.0 Å². The van der Waals surface area contributed by atoms with Crippen LogP contribution in [0.1, 0.15) is 10.6 Å². The molecule has 0 spiro atoms. The lowest BCUT2D eigenvalue weighted by atomic mass is 10.4. The summed E-state index contributed by atoms with van der Waals surface area (Å²) in [4.78, 5) is 22.5. The van der Waals surface area contributed by atoms with Gasteiger partial charge in [-0.2, -0.15) is 0 Å². The van der Waals surface area contributed by atoms with Gasteiger partial charge in [-0.3, -0.25) is 9.59 Å². The van der Waals surface area contributed by atoms with E-state index in [0.717, 1.165) is 0 Å². The smallest absolute Gasteiger partial charge is 0.287 e. The monoisotopic (exact) mass is 242 g/mol. The highest BCUT2D eigenvalue weighted by Crippen LogP contribution is 1.98. The van der Waals surface area contributed by atoms with E-state index in [9.17, 15) is 9.59 Å². The Balaban J connectivity index is 2.27. The molecule has 1 aromatic heterocycles.